The Kier molecular flexibility index (Phi) is 6.64. The lowest BCUT2D eigenvalue weighted by Crippen LogP contribution is -2.29. The highest BCUT2D eigenvalue weighted by molar-refractivity contribution is 6.06. The molecule has 2 aromatic rings. The van der Waals surface area contributed by atoms with Crippen molar-refractivity contribution in [1.29, 1.82) is 0 Å². The number of benzene rings is 2. The van der Waals surface area contributed by atoms with Crippen molar-refractivity contribution < 1.29 is 9.59 Å². The average molecular weight is 489 g/mol. The molecule has 0 N–H and O–H groups in total. The smallest absolute Gasteiger partial charge is 0.227 e. The van der Waals surface area contributed by atoms with Gasteiger partial charge in [0.15, 0.2) is 0 Å². The first-order valence-corrected chi connectivity index (χ1v) is 13.5. The Morgan fingerprint density at radius 1 is 0.556 bits per heavy atom. The Bertz CT molecular complexity index is 1110. The molecule has 2 saturated heterocycles. The van der Waals surface area contributed by atoms with Gasteiger partial charge in [-0.1, -0.05) is 80.5 Å². The minimum atomic E-state index is -0.114. The number of hydrogen-bond donors (Lipinski definition) is 0. The summed E-state index contributed by atoms with van der Waals surface area (Å²) in [7, 11) is 0. The van der Waals surface area contributed by atoms with Crippen LogP contribution in [-0.4, -0.2) is 24.9 Å². The summed E-state index contributed by atoms with van der Waals surface area (Å²) in [5.41, 5.74) is 7.52. The van der Waals surface area contributed by atoms with E-state index in [2.05, 4.69) is 92.6 Å². The molecule has 2 heterocycles. The lowest BCUT2D eigenvalue weighted by molar-refractivity contribution is -0.117. The molecule has 2 aliphatic rings. The zero-order valence-corrected chi connectivity index (χ0v) is 23.8. The van der Waals surface area contributed by atoms with E-state index in [1.165, 1.54) is 11.1 Å². The van der Waals surface area contributed by atoms with Crippen LogP contribution in [0.15, 0.2) is 30.3 Å². The van der Waals surface area contributed by atoms with Crippen LogP contribution in [0, 0.1) is 0 Å². The molecule has 0 spiro atoms. The van der Waals surface area contributed by atoms with Gasteiger partial charge in [-0.05, 0) is 63.5 Å². The highest BCUT2D eigenvalue weighted by Gasteiger charge is 2.33. The van der Waals surface area contributed by atoms with Crippen LogP contribution in [0.5, 0.6) is 0 Å². The van der Waals surface area contributed by atoms with E-state index in [9.17, 15) is 9.59 Å². The van der Waals surface area contributed by atoms with E-state index in [-0.39, 0.29) is 28.1 Å². The van der Waals surface area contributed by atoms with Gasteiger partial charge in [0.2, 0.25) is 11.8 Å². The van der Waals surface area contributed by atoms with E-state index in [4.69, 9.17) is 0 Å². The first-order valence-electron chi connectivity index (χ1n) is 13.5. The maximum absolute atomic E-state index is 13.1. The minimum Gasteiger partial charge on any atom is -0.312 e. The molecule has 0 radical (unpaired) electrons. The second-order valence-corrected chi connectivity index (χ2v) is 13.7. The van der Waals surface area contributed by atoms with Gasteiger partial charge in [0.05, 0.1) is 11.4 Å². The number of nitrogens with zero attached hydrogens (tertiary/aromatic N) is 2. The van der Waals surface area contributed by atoms with Crippen LogP contribution in [0.2, 0.25) is 0 Å². The first-order chi connectivity index (χ1) is 16.6. The van der Waals surface area contributed by atoms with Crippen LogP contribution in [-0.2, 0) is 25.8 Å². The largest absolute Gasteiger partial charge is 0.312 e. The standard InChI is InChI=1S/C32H44N2O2/c1-30(2,3)22-16-21(17-23(18-22)31(4,5)6)29-25(33-14-10-12-27(33)35)19-24(32(7,8)9)20-26(29)34-15-11-13-28(34)36/h16-20H,10-15H2,1-9H3. The molecule has 2 aliphatic heterocycles. The second kappa shape index (κ2) is 9.04. The minimum absolute atomic E-state index is 0.0331. The van der Waals surface area contributed by atoms with Gasteiger partial charge >= 0.3 is 0 Å². The maximum Gasteiger partial charge on any atom is 0.227 e. The molecule has 0 aromatic heterocycles. The number of amides is 2. The number of carbonyl (C=O) groups excluding carboxylic acids is 2. The summed E-state index contributed by atoms with van der Waals surface area (Å²) < 4.78 is 0. The van der Waals surface area contributed by atoms with Crippen molar-refractivity contribution in [1.82, 2.24) is 0 Å². The number of rotatable bonds is 3. The Balaban J connectivity index is 2.11. The Morgan fingerprint density at radius 2 is 0.917 bits per heavy atom. The van der Waals surface area contributed by atoms with Crippen molar-refractivity contribution in [2.24, 2.45) is 0 Å². The van der Waals surface area contributed by atoms with E-state index in [1.807, 2.05) is 9.80 Å². The summed E-state index contributed by atoms with van der Waals surface area (Å²) in [5.74, 6) is 0.341. The van der Waals surface area contributed by atoms with Crippen molar-refractivity contribution >= 4 is 23.2 Å². The van der Waals surface area contributed by atoms with Gasteiger partial charge in [-0.3, -0.25) is 9.59 Å². The van der Waals surface area contributed by atoms with Gasteiger partial charge < -0.3 is 9.80 Å². The van der Waals surface area contributed by atoms with E-state index in [1.54, 1.807) is 0 Å². The fraction of sp³-hybridized carbons (Fsp3) is 0.562. The Morgan fingerprint density at radius 3 is 1.22 bits per heavy atom. The molecule has 2 amide bonds. The molecule has 4 heteroatoms. The Hall–Kier alpha value is -2.62. The normalized spacial score (nSPS) is 17.5. The van der Waals surface area contributed by atoms with Gasteiger partial charge in [0.1, 0.15) is 0 Å². The van der Waals surface area contributed by atoms with Crippen molar-refractivity contribution in [3.8, 4) is 11.1 Å². The first kappa shape index (κ1) is 26.4. The second-order valence-electron chi connectivity index (χ2n) is 13.7. The van der Waals surface area contributed by atoms with Gasteiger partial charge in [-0.2, -0.15) is 0 Å². The number of carbonyl (C=O) groups is 2. The fourth-order valence-corrected chi connectivity index (χ4v) is 5.21. The molecule has 0 bridgehead atoms. The lowest BCUT2D eigenvalue weighted by atomic mass is 9.78. The third kappa shape index (κ3) is 5.10. The molecule has 0 aliphatic carbocycles. The molecule has 2 aromatic carbocycles. The predicted molar refractivity (Wildman–Crippen MR) is 151 cm³/mol. The van der Waals surface area contributed by atoms with Crippen LogP contribution >= 0.6 is 0 Å². The van der Waals surface area contributed by atoms with Gasteiger partial charge in [-0.15, -0.1) is 0 Å². The highest BCUT2D eigenvalue weighted by Crippen LogP contribution is 2.46. The van der Waals surface area contributed by atoms with Crippen LogP contribution < -0.4 is 9.80 Å². The predicted octanol–water partition coefficient (Wildman–Crippen LogP) is 7.50. The maximum atomic E-state index is 13.1. The summed E-state index contributed by atoms with van der Waals surface area (Å²) in [6, 6.07) is 11.3. The monoisotopic (exact) mass is 488 g/mol. The van der Waals surface area contributed by atoms with Crippen molar-refractivity contribution in [2.75, 3.05) is 22.9 Å². The third-order valence-electron chi connectivity index (χ3n) is 7.64. The summed E-state index contributed by atoms with van der Waals surface area (Å²) >= 11 is 0. The van der Waals surface area contributed by atoms with E-state index in [0.29, 0.717) is 12.8 Å². The molecule has 36 heavy (non-hydrogen) atoms. The lowest BCUT2D eigenvalue weighted by Gasteiger charge is -2.32. The van der Waals surface area contributed by atoms with E-state index in [0.717, 1.165) is 54.0 Å². The number of hydrogen-bond acceptors (Lipinski definition) is 2. The summed E-state index contributed by atoms with van der Waals surface area (Å²) in [6.07, 6.45) is 2.88. The van der Waals surface area contributed by atoms with Crippen LogP contribution in [0.3, 0.4) is 0 Å². The molecule has 4 rings (SSSR count). The molecule has 0 saturated carbocycles. The average Bonchev–Trinajstić information content (AvgIpc) is 3.38. The van der Waals surface area contributed by atoms with E-state index >= 15 is 0 Å². The van der Waals surface area contributed by atoms with Crippen molar-refractivity contribution in [3.63, 3.8) is 0 Å². The van der Waals surface area contributed by atoms with Gasteiger partial charge in [0.25, 0.3) is 0 Å². The van der Waals surface area contributed by atoms with Crippen molar-refractivity contribution in [2.45, 2.75) is 104 Å². The molecule has 4 nitrogen and oxygen atoms in total. The summed E-state index contributed by atoms with van der Waals surface area (Å²) in [5, 5.41) is 0. The van der Waals surface area contributed by atoms with E-state index < -0.39 is 0 Å². The number of anilines is 2. The zero-order valence-electron chi connectivity index (χ0n) is 23.8. The Labute approximate surface area is 218 Å². The van der Waals surface area contributed by atoms with Gasteiger partial charge in [0, 0.05) is 31.5 Å². The molecular weight excluding hydrogens is 444 g/mol. The van der Waals surface area contributed by atoms with Gasteiger partial charge in [-0.25, -0.2) is 0 Å². The molecule has 2 fully saturated rings. The summed E-state index contributed by atoms with van der Waals surface area (Å²) in [6.45, 7) is 21.5. The van der Waals surface area contributed by atoms with Crippen molar-refractivity contribution in [3.05, 3.63) is 47.0 Å². The quantitative estimate of drug-likeness (QED) is 0.449. The third-order valence-corrected chi connectivity index (χ3v) is 7.64. The van der Waals surface area contributed by atoms with Crippen LogP contribution in [0.25, 0.3) is 11.1 Å². The topological polar surface area (TPSA) is 40.6 Å². The molecule has 0 unspecified atom stereocenters. The fourth-order valence-electron chi connectivity index (χ4n) is 5.21. The van der Waals surface area contributed by atoms with Crippen LogP contribution in [0.4, 0.5) is 11.4 Å². The SMILES string of the molecule is CC(C)(C)c1cc(-c2c(N3CCCC3=O)cc(C(C)(C)C)cc2N2CCCC2=O)cc(C(C)(C)C)c1. The molecular formula is C32H44N2O2. The molecule has 0 atom stereocenters. The van der Waals surface area contributed by atoms with Crippen LogP contribution in [0.1, 0.15) is 105 Å². The summed E-state index contributed by atoms with van der Waals surface area (Å²) in [4.78, 5) is 30.2. The highest BCUT2D eigenvalue weighted by atomic mass is 16.2. The molecule has 194 valence electrons. The zero-order chi connectivity index (χ0) is 26.6.